The molecule has 1 aromatic heterocycles. The first-order valence-electron chi connectivity index (χ1n) is 5.27. The van der Waals surface area contributed by atoms with Crippen molar-refractivity contribution in [3.63, 3.8) is 0 Å². The number of hydrogen-bond donors (Lipinski definition) is 0. The number of halogens is 3. The SMILES string of the molecule is C#Cc1ccc(-c2cccc(OC(F)(F)F)c2)cn1. The van der Waals surface area contributed by atoms with E-state index in [1.165, 1.54) is 24.4 Å². The molecule has 2 rings (SSSR count). The van der Waals surface area contributed by atoms with Crippen LogP contribution in [0.15, 0.2) is 42.6 Å². The molecule has 0 aliphatic carbocycles. The molecule has 0 unspecified atom stereocenters. The molecule has 2 nitrogen and oxygen atoms in total. The van der Waals surface area contributed by atoms with Gasteiger partial charge in [0.1, 0.15) is 11.4 Å². The predicted octanol–water partition coefficient (Wildman–Crippen LogP) is 3.63. The Bertz CT molecular complexity index is 612. The number of alkyl halides is 3. The van der Waals surface area contributed by atoms with Crippen LogP contribution >= 0.6 is 0 Å². The van der Waals surface area contributed by atoms with Gasteiger partial charge in [-0.05, 0) is 23.8 Å². The topological polar surface area (TPSA) is 22.1 Å². The number of aromatic nitrogens is 1. The van der Waals surface area contributed by atoms with Crippen LogP contribution in [0.3, 0.4) is 0 Å². The lowest BCUT2D eigenvalue weighted by Crippen LogP contribution is -2.17. The van der Waals surface area contributed by atoms with E-state index < -0.39 is 6.36 Å². The Kier molecular flexibility index (Phi) is 3.43. The Balaban J connectivity index is 2.30. The molecule has 0 spiro atoms. The second-order valence-electron chi connectivity index (χ2n) is 3.65. The molecule has 0 N–H and O–H groups in total. The minimum Gasteiger partial charge on any atom is -0.406 e. The van der Waals surface area contributed by atoms with E-state index in [0.717, 1.165) is 0 Å². The molecule has 0 saturated heterocycles. The summed E-state index contributed by atoms with van der Waals surface area (Å²) in [6, 6.07) is 8.98. The fraction of sp³-hybridized carbons (Fsp3) is 0.0714. The van der Waals surface area contributed by atoms with Gasteiger partial charge < -0.3 is 4.74 Å². The lowest BCUT2D eigenvalue weighted by molar-refractivity contribution is -0.274. The summed E-state index contributed by atoms with van der Waals surface area (Å²) in [4.78, 5) is 3.98. The number of hydrogen-bond acceptors (Lipinski definition) is 2. The van der Waals surface area contributed by atoms with Crippen LogP contribution in [-0.4, -0.2) is 11.3 Å². The molecule has 0 bridgehead atoms. The maximum Gasteiger partial charge on any atom is 0.573 e. The Labute approximate surface area is 107 Å². The van der Waals surface area contributed by atoms with Gasteiger partial charge in [-0.3, -0.25) is 0 Å². The molecule has 1 heterocycles. The standard InChI is InChI=1S/C14H8F3NO/c1-2-12-7-6-11(9-18-12)10-4-3-5-13(8-10)19-14(15,16)17/h1,3-9H. The first-order chi connectivity index (χ1) is 8.98. The van der Waals surface area contributed by atoms with Crippen molar-refractivity contribution >= 4 is 0 Å². The van der Waals surface area contributed by atoms with E-state index in [-0.39, 0.29) is 5.75 Å². The van der Waals surface area contributed by atoms with E-state index in [1.807, 2.05) is 0 Å². The highest BCUT2D eigenvalue weighted by Gasteiger charge is 2.31. The first kappa shape index (κ1) is 13.0. The zero-order valence-electron chi connectivity index (χ0n) is 9.61. The summed E-state index contributed by atoms with van der Waals surface area (Å²) in [5.41, 5.74) is 1.69. The van der Waals surface area contributed by atoms with E-state index >= 15 is 0 Å². The summed E-state index contributed by atoms with van der Waals surface area (Å²) >= 11 is 0. The third-order valence-corrected chi connectivity index (χ3v) is 2.31. The van der Waals surface area contributed by atoms with Crippen molar-refractivity contribution < 1.29 is 17.9 Å². The molecule has 2 aromatic rings. The zero-order valence-corrected chi connectivity index (χ0v) is 9.61. The van der Waals surface area contributed by atoms with Gasteiger partial charge in [0.05, 0.1) is 0 Å². The number of pyridine rings is 1. The fourth-order valence-corrected chi connectivity index (χ4v) is 1.52. The van der Waals surface area contributed by atoms with Gasteiger partial charge in [-0.25, -0.2) is 4.98 Å². The van der Waals surface area contributed by atoms with Crippen LogP contribution in [0.25, 0.3) is 11.1 Å². The van der Waals surface area contributed by atoms with Gasteiger partial charge in [0.25, 0.3) is 0 Å². The Morgan fingerprint density at radius 1 is 1.11 bits per heavy atom. The van der Waals surface area contributed by atoms with Crippen molar-refractivity contribution in [3.8, 4) is 29.2 Å². The quantitative estimate of drug-likeness (QED) is 0.772. The summed E-state index contributed by atoms with van der Waals surface area (Å²) in [6.07, 6.45) is 1.97. The number of terminal acetylenes is 1. The molecule has 0 radical (unpaired) electrons. The highest BCUT2D eigenvalue weighted by atomic mass is 19.4. The molecule has 96 valence electrons. The van der Waals surface area contributed by atoms with Crippen molar-refractivity contribution in [1.29, 1.82) is 0 Å². The zero-order chi connectivity index (χ0) is 13.9. The van der Waals surface area contributed by atoms with Crippen LogP contribution < -0.4 is 4.74 Å². The van der Waals surface area contributed by atoms with E-state index in [1.54, 1.807) is 18.2 Å². The van der Waals surface area contributed by atoms with E-state index in [2.05, 4.69) is 15.6 Å². The molecular formula is C14H8F3NO. The number of benzene rings is 1. The molecular weight excluding hydrogens is 255 g/mol. The van der Waals surface area contributed by atoms with Crippen LogP contribution in [0.1, 0.15) is 5.69 Å². The largest absolute Gasteiger partial charge is 0.573 e. The second-order valence-corrected chi connectivity index (χ2v) is 3.65. The lowest BCUT2D eigenvalue weighted by atomic mass is 10.1. The van der Waals surface area contributed by atoms with Crippen LogP contribution in [0.4, 0.5) is 13.2 Å². The van der Waals surface area contributed by atoms with E-state index in [9.17, 15) is 13.2 Å². The third kappa shape index (κ3) is 3.49. The predicted molar refractivity (Wildman–Crippen MR) is 64.3 cm³/mol. The van der Waals surface area contributed by atoms with Crippen molar-refractivity contribution in [2.24, 2.45) is 0 Å². The molecule has 0 atom stereocenters. The van der Waals surface area contributed by atoms with Gasteiger partial charge in [-0.15, -0.1) is 19.6 Å². The van der Waals surface area contributed by atoms with E-state index in [0.29, 0.717) is 16.8 Å². The maximum atomic E-state index is 12.1. The molecule has 1 aromatic carbocycles. The summed E-state index contributed by atoms with van der Waals surface area (Å²) in [5, 5.41) is 0. The Morgan fingerprint density at radius 3 is 2.47 bits per heavy atom. The number of nitrogens with zero attached hydrogens (tertiary/aromatic N) is 1. The van der Waals surface area contributed by atoms with Gasteiger partial charge in [0.15, 0.2) is 0 Å². The Morgan fingerprint density at radius 2 is 1.89 bits per heavy atom. The number of rotatable bonds is 2. The monoisotopic (exact) mass is 263 g/mol. The highest BCUT2D eigenvalue weighted by molar-refractivity contribution is 5.64. The molecule has 5 heteroatoms. The summed E-state index contributed by atoms with van der Waals surface area (Å²) in [5.74, 6) is 2.09. The minimum absolute atomic E-state index is 0.272. The smallest absolute Gasteiger partial charge is 0.406 e. The van der Waals surface area contributed by atoms with Gasteiger partial charge in [0.2, 0.25) is 0 Å². The molecule has 0 aliphatic rings. The van der Waals surface area contributed by atoms with Crippen molar-refractivity contribution in [3.05, 3.63) is 48.3 Å². The molecule has 0 fully saturated rings. The van der Waals surface area contributed by atoms with Crippen molar-refractivity contribution in [2.45, 2.75) is 6.36 Å². The highest BCUT2D eigenvalue weighted by Crippen LogP contribution is 2.27. The van der Waals surface area contributed by atoms with Gasteiger partial charge in [-0.1, -0.05) is 24.1 Å². The third-order valence-electron chi connectivity index (χ3n) is 2.31. The Hall–Kier alpha value is -2.48. The summed E-state index contributed by atoms with van der Waals surface area (Å²) < 4.78 is 40.2. The fourth-order valence-electron chi connectivity index (χ4n) is 1.52. The molecule has 0 aliphatic heterocycles. The van der Waals surface area contributed by atoms with Crippen LogP contribution in [-0.2, 0) is 0 Å². The maximum absolute atomic E-state index is 12.1. The van der Waals surface area contributed by atoms with Crippen LogP contribution in [0, 0.1) is 12.3 Å². The molecule has 0 amide bonds. The van der Waals surface area contributed by atoms with E-state index in [4.69, 9.17) is 6.42 Å². The van der Waals surface area contributed by atoms with Crippen molar-refractivity contribution in [1.82, 2.24) is 4.98 Å². The average molecular weight is 263 g/mol. The summed E-state index contributed by atoms with van der Waals surface area (Å²) in [6.45, 7) is 0. The second kappa shape index (κ2) is 5.02. The molecule has 0 saturated carbocycles. The van der Waals surface area contributed by atoms with Gasteiger partial charge >= 0.3 is 6.36 Å². The number of ether oxygens (including phenoxy) is 1. The van der Waals surface area contributed by atoms with Gasteiger partial charge in [-0.2, -0.15) is 0 Å². The molecule has 19 heavy (non-hydrogen) atoms. The van der Waals surface area contributed by atoms with Gasteiger partial charge in [0, 0.05) is 11.8 Å². The normalized spacial score (nSPS) is 10.8. The first-order valence-corrected chi connectivity index (χ1v) is 5.27. The van der Waals surface area contributed by atoms with Crippen LogP contribution in [0.5, 0.6) is 5.75 Å². The lowest BCUT2D eigenvalue weighted by Gasteiger charge is -2.10. The van der Waals surface area contributed by atoms with Crippen LogP contribution in [0.2, 0.25) is 0 Å². The van der Waals surface area contributed by atoms with Crippen molar-refractivity contribution in [2.75, 3.05) is 0 Å². The average Bonchev–Trinajstić information content (AvgIpc) is 2.37. The summed E-state index contributed by atoms with van der Waals surface area (Å²) in [7, 11) is 0. The minimum atomic E-state index is -4.70.